The summed E-state index contributed by atoms with van der Waals surface area (Å²) in [6.45, 7) is 3.74. The van der Waals surface area contributed by atoms with E-state index in [2.05, 4.69) is 12.2 Å². The Bertz CT molecular complexity index is 381. The summed E-state index contributed by atoms with van der Waals surface area (Å²) < 4.78 is 0. The lowest BCUT2D eigenvalue weighted by atomic mass is 9.78. The number of nitrogens with one attached hydrogen (secondary N) is 1. The van der Waals surface area contributed by atoms with E-state index in [1.165, 1.54) is 18.2 Å². The predicted molar refractivity (Wildman–Crippen MR) is 84.3 cm³/mol. The van der Waals surface area contributed by atoms with Crippen molar-refractivity contribution in [3.63, 3.8) is 0 Å². The van der Waals surface area contributed by atoms with Crippen LogP contribution >= 0.6 is 11.8 Å². The van der Waals surface area contributed by atoms with E-state index < -0.39 is 5.60 Å². The minimum atomic E-state index is -0.735. The molecule has 0 aromatic heterocycles. The number of nitrogens with zero attached hydrogens (tertiary/aromatic N) is 1. The van der Waals surface area contributed by atoms with Gasteiger partial charge in [-0.2, -0.15) is 0 Å². The molecule has 2 N–H and O–H groups in total. The first-order valence-corrected chi connectivity index (χ1v) is 8.92. The van der Waals surface area contributed by atoms with Crippen LogP contribution in [0, 0.1) is 5.92 Å². The predicted octanol–water partition coefficient (Wildman–Crippen LogP) is 1.99. The van der Waals surface area contributed by atoms with Gasteiger partial charge in [0.05, 0.1) is 5.60 Å². The van der Waals surface area contributed by atoms with Gasteiger partial charge in [0.1, 0.15) is 0 Å². The number of carbonyl (C=O) groups is 2. The maximum absolute atomic E-state index is 11.8. The molecule has 1 saturated carbocycles. The van der Waals surface area contributed by atoms with E-state index >= 15 is 0 Å². The molecule has 0 spiro atoms. The van der Waals surface area contributed by atoms with Gasteiger partial charge in [-0.15, -0.1) is 0 Å². The second-order valence-electron chi connectivity index (χ2n) is 6.20. The zero-order valence-corrected chi connectivity index (χ0v) is 13.6. The first-order valence-electron chi connectivity index (χ1n) is 7.93. The van der Waals surface area contributed by atoms with Gasteiger partial charge in [-0.3, -0.25) is 9.59 Å². The van der Waals surface area contributed by atoms with Crippen LogP contribution in [0.2, 0.25) is 0 Å². The van der Waals surface area contributed by atoms with Crippen molar-refractivity contribution in [2.75, 3.05) is 25.4 Å². The third-order valence-corrected chi connectivity index (χ3v) is 5.57. The van der Waals surface area contributed by atoms with Crippen LogP contribution in [0.25, 0.3) is 0 Å². The van der Waals surface area contributed by atoms with Crippen LogP contribution in [0.15, 0.2) is 0 Å². The zero-order valence-electron chi connectivity index (χ0n) is 12.8. The molecule has 1 heterocycles. The lowest BCUT2D eigenvalue weighted by molar-refractivity contribution is -0.123. The third-order valence-electron chi connectivity index (χ3n) is 4.68. The van der Waals surface area contributed by atoms with Gasteiger partial charge in [0.25, 0.3) is 5.24 Å². The van der Waals surface area contributed by atoms with Crippen molar-refractivity contribution in [2.45, 2.75) is 51.0 Å². The molecule has 0 aromatic carbocycles. The van der Waals surface area contributed by atoms with Crippen molar-refractivity contribution in [1.82, 2.24) is 10.2 Å². The fourth-order valence-corrected chi connectivity index (χ4v) is 3.87. The van der Waals surface area contributed by atoms with Crippen molar-refractivity contribution in [2.24, 2.45) is 5.92 Å². The van der Waals surface area contributed by atoms with Crippen LogP contribution in [0.5, 0.6) is 0 Å². The summed E-state index contributed by atoms with van der Waals surface area (Å²) in [4.78, 5) is 25.0. The highest BCUT2D eigenvalue weighted by molar-refractivity contribution is 8.13. The standard InChI is InChI=1S/C15H26N2O3S/c1-2-12-3-6-15(20,7-4-12)11-16-13(18)5-8-17-9-10-21-14(17)19/h12,20H,2-11H2,1H3,(H,16,18). The Hall–Kier alpha value is -0.750. The Balaban J connectivity index is 1.65. The average molecular weight is 314 g/mol. The summed E-state index contributed by atoms with van der Waals surface area (Å²) in [5.41, 5.74) is -0.735. The van der Waals surface area contributed by atoms with Gasteiger partial charge in [-0.25, -0.2) is 0 Å². The number of rotatable bonds is 6. The van der Waals surface area contributed by atoms with Crippen LogP contribution in [0.1, 0.15) is 45.4 Å². The summed E-state index contributed by atoms with van der Waals surface area (Å²) in [5, 5.41) is 13.4. The van der Waals surface area contributed by atoms with Crippen molar-refractivity contribution >= 4 is 22.9 Å². The summed E-state index contributed by atoms with van der Waals surface area (Å²) in [5.74, 6) is 1.46. The molecule has 1 aliphatic carbocycles. The topological polar surface area (TPSA) is 69.6 Å². The van der Waals surface area contributed by atoms with E-state index in [4.69, 9.17) is 0 Å². The maximum Gasteiger partial charge on any atom is 0.281 e. The van der Waals surface area contributed by atoms with Crippen LogP contribution in [0.3, 0.4) is 0 Å². The molecule has 1 aliphatic heterocycles. The van der Waals surface area contributed by atoms with E-state index in [-0.39, 0.29) is 11.1 Å². The quantitative estimate of drug-likeness (QED) is 0.787. The van der Waals surface area contributed by atoms with Crippen molar-refractivity contribution < 1.29 is 14.7 Å². The van der Waals surface area contributed by atoms with E-state index in [1.54, 1.807) is 4.90 Å². The second kappa shape index (κ2) is 7.49. The van der Waals surface area contributed by atoms with Crippen molar-refractivity contribution in [3.8, 4) is 0 Å². The lowest BCUT2D eigenvalue weighted by Gasteiger charge is -2.35. The molecule has 2 amide bonds. The molecular formula is C15H26N2O3S. The van der Waals surface area contributed by atoms with Crippen LogP contribution in [0.4, 0.5) is 4.79 Å². The van der Waals surface area contributed by atoms with Crippen LogP contribution < -0.4 is 5.32 Å². The van der Waals surface area contributed by atoms with Gasteiger partial charge >= 0.3 is 0 Å². The minimum absolute atomic E-state index is 0.0688. The lowest BCUT2D eigenvalue weighted by Crippen LogP contribution is -2.45. The van der Waals surface area contributed by atoms with Crippen LogP contribution in [-0.4, -0.2) is 52.1 Å². The smallest absolute Gasteiger partial charge is 0.281 e. The monoisotopic (exact) mass is 314 g/mol. The number of amides is 2. The Labute approximate surface area is 130 Å². The van der Waals surface area contributed by atoms with Gasteiger partial charge < -0.3 is 15.3 Å². The normalized spacial score (nSPS) is 29.7. The molecule has 5 nitrogen and oxygen atoms in total. The van der Waals surface area contributed by atoms with E-state index in [9.17, 15) is 14.7 Å². The summed E-state index contributed by atoms with van der Waals surface area (Å²) >= 11 is 1.31. The number of thioether (sulfide) groups is 1. The summed E-state index contributed by atoms with van der Waals surface area (Å²) in [7, 11) is 0. The van der Waals surface area contributed by atoms with E-state index in [0.717, 1.165) is 43.9 Å². The molecule has 0 aromatic rings. The highest BCUT2D eigenvalue weighted by atomic mass is 32.2. The second-order valence-corrected chi connectivity index (χ2v) is 7.25. The molecular weight excluding hydrogens is 288 g/mol. The SMILES string of the molecule is CCC1CCC(O)(CNC(=O)CCN2CCSC2=O)CC1. The molecule has 1 saturated heterocycles. The molecule has 120 valence electrons. The third kappa shape index (κ3) is 4.88. The molecule has 2 fully saturated rings. The Morgan fingerprint density at radius 3 is 2.76 bits per heavy atom. The molecule has 0 bridgehead atoms. The zero-order chi connectivity index (χ0) is 15.3. The molecule has 6 heteroatoms. The number of carbonyl (C=O) groups excluding carboxylic acids is 2. The molecule has 0 atom stereocenters. The Morgan fingerprint density at radius 2 is 2.19 bits per heavy atom. The summed E-state index contributed by atoms with van der Waals surface area (Å²) in [6, 6.07) is 0. The van der Waals surface area contributed by atoms with Crippen molar-refractivity contribution in [1.29, 1.82) is 0 Å². The number of aliphatic hydroxyl groups is 1. The number of hydrogen-bond acceptors (Lipinski definition) is 4. The number of hydrogen-bond donors (Lipinski definition) is 2. The highest BCUT2D eigenvalue weighted by Gasteiger charge is 2.32. The fraction of sp³-hybridized carbons (Fsp3) is 0.867. The van der Waals surface area contributed by atoms with Gasteiger partial charge in [-0.05, 0) is 31.6 Å². The Kier molecular flexibility index (Phi) is 5.93. The molecule has 2 aliphatic rings. The van der Waals surface area contributed by atoms with Gasteiger partial charge in [0.15, 0.2) is 0 Å². The fourth-order valence-electron chi connectivity index (χ4n) is 3.02. The minimum Gasteiger partial charge on any atom is -0.388 e. The maximum atomic E-state index is 11.8. The first-order chi connectivity index (χ1) is 10.0. The Morgan fingerprint density at radius 1 is 1.48 bits per heavy atom. The first kappa shape index (κ1) is 16.6. The van der Waals surface area contributed by atoms with E-state index in [0.29, 0.717) is 19.5 Å². The highest BCUT2D eigenvalue weighted by Crippen LogP contribution is 2.33. The average Bonchev–Trinajstić information content (AvgIpc) is 2.89. The van der Waals surface area contributed by atoms with E-state index in [1.807, 2.05) is 0 Å². The molecule has 21 heavy (non-hydrogen) atoms. The van der Waals surface area contributed by atoms with Gasteiger partial charge in [0, 0.05) is 31.8 Å². The largest absolute Gasteiger partial charge is 0.388 e. The molecule has 2 rings (SSSR count). The van der Waals surface area contributed by atoms with Gasteiger partial charge in [0.2, 0.25) is 5.91 Å². The van der Waals surface area contributed by atoms with Crippen LogP contribution in [-0.2, 0) is 4.79 Å². The van der Waals surface area contributed by atoms with Gasteiger partial charge in [-0.1, -0.05) is 25.1 Å². The molecule has 0 radical (unpaired) electrons. The molecule has 0 unspecified atom stereocenters. The van der Waals surface area contributed by atoms with Crippen molar-refractivity contribution in [3.05, 3.63) is 0 Å². The summed E-state index contributed by atoms with van der Waals surface area (Å²) in [6.07, 6.45) is 5.12.